The second-order valence-corrected chi connectivity index (χ2v) is 6.85. The summed E-state index contributed by atoms with van der Waals surface area (Å²) in [6, 6.07) is 16.8. The summed E-state index contributed by atoms with van der Waals surface area (Å²) in [7, 11) is 2.92. The smallest absolute Gasteiger partial charge is 0.278 e. The molecule has 0 unspecified atom stereocenters. The fourth-order valence-electron chi connectivity index (χ4n) is 3.36. The highest BCUT2D eigenvalue weighted by molar-refractivity contribution is 6.02. The lowest BCUT2D eigenvalue weighted by molar-refractivity contribution is 0.0691. The molecule has 1 heterocycles. The van der Waals surface area contributed by atoms with Gasteiger partial charge < -0.3 is 25.0 Å². The Labute approximate surface area is 179 Å². The molecule has 3 N–H and O–H groups in total. The van der Waals surface area contributed by atoms with Gasteiger partial charge in [-0.1, -0.05) is 18.2 Å². The normalized spacial score (nSPS) is 15.5. The number of anilines is 1. The van der Waals surface area contributed by atoms with Crippen molar-refractivity contribution in [2.75, 3.05) is 19.5 Å². The Kier molecular flexibility index (Phi) is 5.36. The molecule has 8 nitrogen and oxygen atoms in total. The van der Waals surface area contributed by atoms with Crippen molar-refractivity contribution in [2.45, 2.75) is 6.17 Å². The molecule has 0 saturated heterocycles. The molecule has 3 aromatic rings. The number of amides is 1. The van der Waals surface area contributed by atoms with Crippen molar-refractivity contribution >= 4 is 17.8 Å². The first-order valence-corrected chi connectivity index (χ1v) is 9.49. The number of para-hydroxylation sites is 1. The second-order valence-electron chi connectivity index (χ2n) is 6.85. The lowest BCUT2D eigenvalue weighted by Crippen LogP contribution is -2.39. The summed E-state index contributed by atoms with van der Waals surface area (Å²) in [4.78, 5) is 13.2. The lowest BCUT2D eigenvalue weighted by Gasteiger charge is -2.34. The predicted molar refractivity (Wildman–Crippen MR) is 116 cm³/mol. The zero-order chi connectivity index (χ0) is 22.0. The van der Waals surface area contributed by atoms with Gasteiger partial charge in [0, 0.05) is 11.3 Å². The molecule has 0 bridgehead atoms. The molecular formula is C23H21N3O5. The molecule has 0 saturated carbocycles. The standard InChI is InChI=1S/C23H21N3O5/c1-30-20-11-14(7-9-18(20)27)13-24-26-22(15-8-10-19(28)21(12-15)31-2)25-17-6-4-3-5-16(17)23(26)29/h3-13,22,25,27-28H,1-2H3/b24-13+/t22-/m1/s1. The maximum absolute atomic E-state index is 13.2. The van der Waals surface area contributed by atoms with E-state index in [2.05, 4.69) is 10.4 Å². The zero-order valence-corrected chi connectivity index (χ0v) is 16.9. The van der Waals surface area contributed by atoms with Crippen LogP contribution in [0.25, 0.3) is 0 Å². The monoisotopic (exact) mass is 419 g/mol. The third kappa shape index (κ3) is 3.83. The van der Waals surface area contributed by atoms with E-state index in [4.69, 9.17) is 9.47 Å². The van der Waals surface area contributed by atoms with Crippen molar-refractivity contribution in [3.63, 3.8) is 0 Å². The number of carbonyl (C=O) groups excluding carboxylic acids is 1. The molecule has 158 valence electrons. The van der Waals surface area contributed by atoms with Crippen LogP contribution in [0.4, 0.5) is 5.69 Å². The van der Waals surface area contributed by atoms with Gasteiger partial charge in [-0.15, -0.1) is 0 Å². The van der Waals surface area contributed by atoms with Gasteiger partial charge in [-0.05, 0) is 48.0 Å². The van der Waals surface area contributed by atoms with E-state index in [-0.39, 0.29) is 23.2 Å². The number of aromatic hydroxyl groups is 2. The van der Waals surface area contributed by atoms with E-state index in [9.17, 15) is 15.0 Å². The number of hydrogen-bond donors (Lipinski definition) is 3. The molecule has 1 aliphatic heterocycles. The molecule has 1 amide bonds. The minimum Gasteiger partial charge on any atom is -0.504 e. The molecule has 31 heavy (non-hydrogen) atoms. The minimum atomic E-state index is -0.632. The molecule has 0 aliphatic carbocycles. The van der Waals surface area contributed by atoms with Gasteiger partial charge >= 0.3 is 0 Å². The first-order chi connectivity index (χ1) is 15.0. The van der Waals surface area contributed by atoms with Crippen molar-refractivity contribution in [1.82, 2.24) is 5.01 Å². The van der Waals surface area contributed by atoms with Crippen LogP contribution in [0.2, 0.25) is 0 Å². The fraction of sp³-hybridized carbons (Fsp3) is 0.130. The number of phenols is 2. The summed E-state index contributed by atoms with van der Waals surface area (Å²) in [6.07, 6.45) is 0.882. The number of rotatable bonds is 5. The number of hydrazone groups is 1. The molecular weight excluding hydrogens is 398 g/mol. The van der Waals surface area contributed by atoms with Crippen molar-refractivity contribution in [3.05, 3.63) is 77.4 Å². The maximum Gasteiger partial charge on any atom is 0.278 e. The summed E-state index contributed by atoms with van der Waals surface area (Å²) in [5.41, 5.74) is 2.49. The van der Waals surface area contributed by atoms with Gasteiger partial charge in [-0.25, -0.2) is 5.01 Å². The molecule has 8 heteroatoms. The molecule has 0 spiro atoms. The second kappa shape index (κ2) is 8.27. The van der Waals surface area contributed by atoms with E-state index in [0.29, 0.717) is 28.1 Å². The van der Waals surface area contributed by atoms with Crippen molar-refractivity contribution in [2.24, 2.45) is 5.10 Å². The first-order valence-electron chi connectivity index (χ1n) is 9.49. The van der Waals surface area contributed by atoms with Gasteiger partial charge in [-0.2, -0.15) is 5.10 Å². The number of nitrogens with one attached hydrogen (secondary N) is 1. The number of phenolic OH excluding ortho intramolecular Hbond substituents is 2. The molecule has 4 rings (SSSR count). The molecule has 0 fully saturated rings. The predicted octanol–water partition coefficient (Wildman–Crippen LogP) is 3.72. The van der Waals surface area contributed by atoms with Crippen molar-refractivity contribution in [3.8, 4) is 23.0 Å². The van der Waals surface area contributed by atoms with E-state index >= 15 is 0 Å². The first kappa shape index (κ1) is 20.1. The third-order valence-electron chi connectivity index (χ3n) is 4.96. The summed E-state index contributed by atoms with van der Waals surface area (Å²) >= 11 is 0. The summed E-state index contributed by atoms with van der Waals surface area (Å²) in [5, 5.41) is 28.8. The molecule has 0 radical (unpaired) electrons. The highest BCUT2D eigenvalue weighted by Crippen LogP contribution is 2.36. The average molecular weight is 419 g/mol. The Hall–Kier alpha value is -4.20. The van der Waals surface area contributed by atoms with Crippen LogP contribution < -0.4 is 14.8 Å². The highest BCUT2D eigenvalue weighted by Gasteiger charge is 2.33. The van der Waals surface area contributed by atoms with Crippen LogP contribution in [0.3, 0.4) is 0 Å². The molecule has 3 aromatic carbocycles. The fourth-order valence-corrected chi connectivity index (χ4v) is 3.36. The molecule has 1 aliphatic rings. The van der Waals surface area contributed by atoms with Crippen LogP contribution in [0, 0.1) is 0 Å². The number of fused-ring (bicyclic) bond motifs is 1. The average Bonchev–Trinajstić information content (AvgIpc) is 2.79. The Balaban J connectivity index is 1.75. The maximum atomic E-state index is 13.2. The Morgan fingerprint density at radius 3 is 2.39 bits per heavy atom. The molecule has 1 atom stereocenters. The lowest BCUT2D eigenvalue weighted by atomic mass is 10.0. The van der Waals surface area contributed by atoms with Gasteiger partial charge in [0.2, 0.25) is 0 Å². The summed E-state index contributed by atoms with van der Waals surface area (Å²) in [6.45, 7) is 0. The van der Waals surface area contributed by atoms with Crippen LogP contribution in [-0.2, 0) is 0 Å². The number of nitrogens with zero attached hydrogens (tertiary/aromatic N) is 2. The van der Waals surface area contributed by atoms with Gasteiger partial charge in [0.25, 0.3) is 5.91 Å². The van der Waals surface area contributed by atoms with Crippen LogP contribution in [0.15, 0.2) is 65.8 Å². The van der Waals surface area contributed by atoms with Crippen LogP contribution in [-0.4, -0.2) is 41.6 Å². The Bertz CT molecular complexity index is 1160. The van der Waals surface area contributed by atoms with E-state index < -0.39 is 6.17 Å². The topological polar surface area (TPSA) is 104 Å². The van der Waals surface area contributed by atoms with E-state index in [1.54, 1.807) is 36.4 Å². The van der Waals surface area contributed by atoms with Crippen molar-refractivity contribution < 1.29 is 24.5 Å². The highest BCUT2D eigenvalue weighted by atomic mass is 16.5. The van der Waals surface area contributed by atoms with Gasteiger partial charge in [0.05, 0.1) is 26.0 Å². The van der Waals surface area contributed by atoms with Crippen LogP contribution in [0.1, 0.15) is 27.7 Å². The Morgan fingerprint density at radius 1 is 0.968 bits per heavy atom. The van der Waals surface area contributed by atoms with Crippen LogP contribution in [0.5, 0.6) is 23.0 Å². The number of benzene rings is 3. The number of carbonyl (C=O) groups is 1. The Morgan fingerprint density at radius 2 is 1.65 bits per heavy atom. The number of ether oxygens (including phenoxy) is 2. The largest absolute Gasteiger partial charge is 0.504 e. The number of methoxy groups -OCH3 is 2. The van der Waals surface area contributed by atoms with Gasteiger partial charge in [0.15, 0.2) is 29.2 Å². The quantitative estimate of drug-likeness (QED) is 0.545. The minimum absolute atomic E-state index is 0.0000238. The van der Waals surface area contributed by atoms with Gasteiger partial charge in [-0.3, -0.25) is 4.79 Å². The molecule has 0 aromatic heterocycles. The SMILES string of the molecule is COc1cc(/C=N/N2C(=O)c3ccccc3N[C@H]2c2ccc(O)c(OC)c2)ccc1O. The van der Waals surface area contributed by atoms with E-state index in [1.807, 2.05) is 12.1 Å². The van der Waals surface area contributed by atoms with Crippen molar-refractivity contribution in [1.29, 1.82) is 0 Å². The van der Waals surface area contributed by atoms with E-state index in [1.165, 1.54) is 37.6 Å². The number of hydrogen-bond acceptors (Lipinski definition) is 7. The summed E-state index contributed by atoms with van der Waals surface area (Å²) in [5.74, 6) is 0.321. The summed E-state index contributed by atoms with van der Waals surface area (Å²) < 4.78 is 10.3. The van der Waals surface area contributed by atoms with Gasteiger partial charge in [0.1, 0.15) is 0 Å². The zero-order valence-electron chi connectivity index (χ0n) is 16.9. The van der Waals surface area contributed by atoms with E-state index in [0.717, 1.165) is 0 Å². The third-order valence-corrected chi connectivity index (χ3v) is 4.96. The van der Waals surface area contributed by atoms with Crippen LogP contribution >= 0.6 is 0 Å².